The van der Waals surface area contributed by atoms with E-state index in [0.717, 1.165) is 24.3 Å². The minimum atomic E-state index is -0.191. The normalized spacial score (nSPS) is 12.0. The lowest BCUT2D eigenvalue weighted by Gasteiger charge is -2.24. The molecule has 0 fully saturated rings. The summed E-state index contributed by atoms with van der Waals surface area (Å²) >= 11 is 0. The van der Waals surface area contributed by atoms with Gasteiger partial charge in [-0.25, -0.2) is 0 Å². The number of nitrogens with zero attached hydrogens (tertiary/aromatic N) is 1. The molecule has 0 aromatic heterocycles. The van der Waals surface area contributed by atoms with Gasteiger partial charge in [-0.15, -0.1) is 0 Å². The van der Waals surface area contributed by atoms with Crippen molar-refractivity contribution in [1.29, 1.82) is 0 Å². The molecule has 0 saturated heterocycles. The average molecular weight is 340 g/mol. The van der Waals surface area contributed by atoms with E-state index < -0.39 is 0 Å². The summed E-state index contributed by atoms with van der Waals surface area (Å²) < 4.78 is 5.14. The van der Waals surface area contributed by atoms with E-state index in [2.05, 4.69) is 41.4 Å². The van der Waals surface area contributed by atoms with Gasteiger partial charge in [-0.1, -0.05) is 43.3 Å². The van der Waals surface area contributed by atoms with E-state index in [-0.39, 0.29) is 11.9 Å². The highest BCUT2D eigenvalue weighted by atomic mass is 16.5. The number of carbonyl (C=O) groups excluding carboxylic acids is 1. The van der Waals surface area contributed by atoms with Gasteiger partial charge in [0.2, 0.25) is 5.91 Å². The lowest BCUT2D eigenvalue weighted by atomic mass is 10.1. The van der Waals surface area contributed by atoms with E-state index in [1.807, 2.05) is 38.2 Å². The summed E-state index contributed by atoms with van der Waals surface area (Å²) in [5, 5.41) is 3.00. The minimum absolute atomic E-state index is 0.0310. The maximum Gasteiger partial charge on any atom is 0.237 e. The predicted molar refractivity (Wildman–Crippen MR) is 102 cm³/mol. The van der Waals surface area contributed by atoms with Crippen LogP contribution in [0.3, 0.4) is 0 Å². The number of hydrogen-bond donors (Lipinski definition) is 1. The molecule has 0 unspecified atom stereocenters. The number of ether oxygens (including phenoxy) is 1. The van der Waals surface area contributed by atoms with Crippen LogP contribution in [0.4, 0.5) is 0 Å². The maximum atomic E-state index is 12.4. The van der Waals surface area contributed by atoms with Gasteiger partial charge >= 0.3 is 0 Å². The van der Waals surface area contributed by atoms with Crippen molar-refractivity contribution in [3.05, 3.63) is 65.2 Å². The highest BCUT2D eigenvalue weighted by Crippen LogP contribution is 2.12. The quantitative estimate of drug-likeness (QED) is 0.801. The van der Waals surface area contributed by atoms with Crippen LogP contribution in [0.1, 0.15) is 30.5 Å². The molecule has 0 aliphatic heterocycles. The van der Waals surface area contributed by atoms with Gasteiger partial charge in [-0.05, 0) is 49.2 Å². The van der Waals surface area contributed by atoms with Gasteiger partial charge in [0.25, 0.3) is 0 Å². The number of benzene rings is 2. The summed E-state index contributed by atoms with van der Waals surface area (Å²) in [7, 11) is 3.62. The minimum Gasteiger partial charge on any atom is -0.497 e. The first kappa shape index (κ1) is 19.0. The Kier molecular flexibility index (Phi) is 7.02. The molecule has 0 radical (unpaired) electrons. The fourth-order valence-corrected chi connectivity index (χ4v) is 2.59. The van der Waals surface area contributed by atoms with Crippen LogP contribution in [0.25, 0.3) is 0 Å². The van der Waals surface area contributed by atoms with Crippen molar-refractivity contribution in [3.63, 3.8) is 0 Å². The molecule has 0 aliphatic carbocycles. The summed E-state index contributed by atoms with van der Waals surface area (Å²) in [6.07, 6.45) is 1.04. The summed E-state index contributed by atoms with van der Waals surface area (Å²) in [5.41, 5.74) is 3.60. The fraction of sp³-hybridized carbons (Fsp3) is 0.381. The number of nitrogens with one attached hydrogen (secondary N) is 1. The number of rotatable bonds is 8. The molecule has 0 aliphatic rings. The van der Waals surface area contributed by atoms with Crippen LogP contribution in [0, 0.1) is 0 Å². The van der Waals surface area contributed by atoms with E-state index >= 15 is 0 Å². The second-order valence-corrected chi connectivity index (χ2v) is 6.33. The molecule has 25 heavy (non-hydrogen) atoms. The Morgan fingerprint density at radius 3 is 2.16 bits per heavy atom. The van der Waals surface area contributed by atoms with E-state index in [4.69, 9.17) is 4.74 Å². The molecular weight excluding hydrogens is 312 g/mol. The number of methoxy groups -OCH3 is 1. The second kappa shape index (κ2) is 9.23. The number of carbonyl (C=O) groups is 1. The predicted octanol–water partition coefficient (Wildman–Crippen LogP) is 3.39. The molecule has 134 valence electrons. The van der Waals surface area contributed by atoms with Crippen LogP contribution in [0.5, 0.6) is 5.75 Å². The summed E-state index contributed by atoms with van der Waals surface area (Å²) in [6, 6.07) is 16.1. The third-order valence-electron chi connectivity index (χ3n) is 4.53. The largest absolute Gasteiger partial charge is 0.497 e. The lowest BCUT2D eigenvalue weighted by molar-refractivity contribution is -0.125. The molecule has 1 atom stereocenters. The Bertz CT molecular complexity index is 665. The molecule has 4 nitrogen and oxygen atoms in total. The van der Waals surface area contributed by atoms with Crippen molar-refractivity contribution in [2.45, 2.75) is 39.4 Å². The second-order valence-electron chi connectivity index (χ2n) is 6.33. The zero-order valence-electron chi connectivity index (χ0n) is 15.6. The lowest BCUT2D eigenvalue weighted by Crippen LogP contribution is -2.42. The highest BCUT2D eigenvalue weighted by molar-refractivity contribution is 5.81. The van der Waals surface area contributed by atoms with Crippen molar-refractivity contribution in [2.75, 3.05) is 14.2 Å². The molecule has 0 saturated carbocycles. The molecule has 0 bridgehead atoms. The number of hydrogen-bond acceptors (Lipinski definition) is 3. The van der Waals surface area contributed by atoms with Gasteiger partial charge < -0.3 is 10.1 Å². The first-order valence-corrected chi connectivity index (χ1v) is 8.72. The molecule has 1 amide bonds. The van der Waals surface area contributed by atoms with Crippen LogP contribution >= 0.6 is 0 Å². The van der Waals surface area contributed by atoms with Crippen molar-refractivity contribution in [2.24, 2.45) is 0 Å². The molecular formula is C21H28N2O2. The Morgan fingerprint density at radius 1 is 1.04 bits per heavy atom. The van der Waals surface area contributed by atoms with Gasteiger partial charge in [-0.2, -0.15) is 0 Å². The first-order valence-electron chi connectivity index (χ1n) is 8.72. The van der Waals surface area contributed by atoms with E-state index in [1.165, 1.54) is 11.1 Å². The fourth-order valence-electron chi connectivity index (χ4n) is 2.59. The summed E-state index contributed by atoms with van der Waals surface area (Å²) in [5.74, 6) is 0.848. The number of aryl methyl sites for hydroxylation is 1. The van der Waals surface area contributed by atoms with Crippen molar-refractivity contribution < 1.29 is 9.53 Å². The topological polar surface area (TPSA) is 41.6 Å². The molecule has 2 aromatic carbocycles. The van der Waals surface area contributed by atoms with Crippen molar-refractivity contribution in [1.82, 2.24) is 10.2 Å². The third kappa shape index (κ3) is 5.61. The van der Waals surface area contributed by atoms with Gasteiger partial charge in [-0.3, -0.25) is 9.69 Å². The Morgan fingerprint density at radius 2 is 1.60 bits per heavy atom. The van der Waals surface area contributed by atoms with E-state index in [9.17, 15) is 4.79 Å². The summed E-state index contributed by atoms with van der Waals surface area (Å²) in [6.45, 7) is 5.35. The average Bonchev–Trinajstić information content (AvgIpc) is 2.66. The number of likely N-dealkylation sites (N-methyl/N-ethyl adjacent to an activating group) is 1. The third-order valence-corrected chi connectivity index (χ3v) is 4.53. The van der Waals surface area contributed by atoms with Gasteiger partial charge in [0.15, 0.2) is 0 Å². The molecule has 4 heteroatoms. The zero-order chi connectivity index (χ0) is 18.2. The summed E-state index contributed by atoms with van der Waals surface area (Å²) in [4.78, 5) is 14.5. The Balaban J connectivity index is 1.84. The van der Waals surface area contributed by atoms with Crippen molar-refractivity contribution in [3.8, 4) is 5.75 Å². The van der Waals surface area contributed by atoms with E-state index in [0.29, 0.717) is 6.54 Å². The molecule has 2 aromatic rings. The van der Waals surface area contributed by atoms with Gasteiger partial charge in [0, 0.05) is 13.1 Å². The van der Waals surface area contributed by atoms with Crippen LogP contribution in [-0.4, -0.2) is 31.0 Å². The number of amides is 1. The first-order chi connectivity index (χ1) is 12.0. The van der Waals surface area contributed by atoms with Crippen LogP contribution < -0.4 is 10.1 Å². The van der Waals surface area contributed by atoms with Crippen molar-refractivity contribution >= 4 is 5.91 Å². The van der Waals surface area contributed by atoms with Gasteiger partial charge in [0.1, 0.15) is 5.75 Å². The van der Waals surface area contributed by atoms with Crippen LogP contribution in [0.2, 0.25) is 0 Å². The molecule has 2 rings (SSSR count). The van der Waals surface area contributed by atoms with Gasteiger partial charge in [0.05, 0.1) is 13.2 Å². The molecule has 0 spiro atoms. The van der Waals surface area contributed by atoms with Crippen LogP contribution in [0.15, 0.2) is 48.5 Å². The monoisotopic (exact) mass is 340 g/mol. The SMILES string of the molecule is CCc1ccc(CN(C)[C@H](C)C(=O)NCc2ccc(OC)cc2)cc1. The molecule has 1 N–H and O–H groups in total. The smallest absolute Gasteiger partial charge is 0.237 e. The molecule has 0 heterocycles. The van der Waals surface area contributed by atoms with Crippen LogP contribution in [-0.2, 0) is 24.3 Å². The zero-order valence-corrected chi connectivity index (χ0v) is 15.6. The maximum absolute atomic E-state index is 12.4. The Hall–Kier alpha value is -2.33. The standard InChI is InChI=1S/C21H28N2O2/c1-5-17-6-8-19(9-7-17)15-23(3)16(2)21(24)22-14-18-10-12-20(25-4)13-11-18/h6-13,16H,5,14-15H2,1-4H3,(H,22,24)/t16-/m1/s1. The van der Waals surface area contributed by atoms with E-state index in [1.54, 1.807) is 7.11 Å². The highest BCUT2D eigenvalue weighted by Gasteiger charge is 2.17. The Labute approximate surface area is 150 Å².